The first kappa shape index (κ1) is 17.8. The van der Waals surface area contributed by atoms with Crippen molar-refractivity contribution in [3.63, 3.8) is 0 Å². The number of benzene rings is 2. The molecular formula is C19H18Cl2N2O2. The molecule has 1 atom stereocenters. The fourth-order valence-electron chi connectivity index (χ4n) is 3.00. The zero-order valence-electron chi connectivity index (χ0n) is 13.5. The van der Waals surface area contributed by atoms with Gasteiger partial charge in [0.1, 0.15) is 6.04 Å². The third-order valence-corrected chi connectivity index (χ3v) is 4.85. The second kappa shape index (κ2) is 7.89. The molecule has 2 amide bonds. The molecule has 1 aliphatic heterocycles. The van der Waals surface area contributed by atoms with Gasteiger partial charge in [0.25, 0.3) is 5.91 Å². The Bertz CT molecular complexity index is 780. The van der Waals surface area contributed by atoms with Crippen LogP contribution in [0.2, 0.25) is 10.0 Å². The van der Waals surface area contributed by atoms with Gasteiger partial charge < -0.3 is 10.2 Å². The van der Waals surface area contributed by atoms with Crippen molar-refractivity contribution < 1.29 is 9.59 Å². The monoisotopic (exact) mass is 376 g/mol. The van der Waals surface area contributed by atoms with Gasteiger partial charge in [-0.05, 0) is 36.6 Å². The molecule has 4 nitrogen and oxygen atoms in total. The summed E-state index contributed by atoms with van der Waals surface area (Å²) >= 11 is 12.1. The number of hydrogen-bond donors (Lipinski definition) is 1. The predicted molar refractivity (Wildman–Crippen MR) is 98.8 cm³/mol. The molecule has 6 heteroatoms. The van der Waals surface area contributed by atoms with Crippen molar-refractivity contribution >= 4 is 35.0 Å². The fraction of sp³-hybridized carbons (Fsp3) is 0.263. The third kappa shape index (κ3) is 4.14. The lowest BCUT2D eigenvalue weighted by Crippen LogP contribution is -2.45. The Hall–Kier alpha value is -2.04. The molecule has 1 saturated heterocycles. The maximum atomic E-state index is 12.8. The van der Waals surface area contributed by atoms with Crippen LogP contribution in [-0.4, -0.2) is 29.3 Å². The van der Waals surface area contributed by atoms with Crippen LogP contribution in [0.1, 0.15) is 28.8 Å². The number of rotatable bonds is 4. The molecule has 130 valence electrons. The summed E-state index contributed by atoms with van der Waals surface area (Å²) in [6.45, 7) is 0.973. The summed E-state index contributed by atoms with van der Waals surface area (Å²) in [7, 11) is 0. The van der Waals surface area contributed by atoms with Crippen molar-refractivity contribution in [3.8, 4) is 0 Å². The lowest BCUT2D eigenvalue weighted by Gasteiger charge is -2.24. The molecule has 1 fully saturated rings. The first-order valence-corrected chi connectivity index (χ1v) is 8.89. The van der Waals surface area contributed by atoms with E-state index < -0.39 is 6.04 Å². The maximum Gasteiger partial charge on any atom is 0.256 e. The Labute approximate surface area is 156 Å². The summed E-state index contributed by atoms with van der Waals surface area (Å²) in [6, 6.07) is 14.0. The van der Waals surface area contributed by atoms with E-state index in [9.17, 15) is 9.59 Å². The Morgan fingerprint density at radius 2 is 1.88 bits per heavy atom. The molecule has 0 saturated carbocycles. The van der Waals surface area contributed by atoms with Gasteiger partial charge in [-0.25, -0.2) is 0 Å². The Morgan fingerprint density at radius 3 is 2.64 bits per heavy atom. The van der Waals surface area contributed by atoms with E-state index in [2.05, 4.69) is 5.32 Å². The molecule has 0 bridgehead atoms. The van der Waals surface area contributed by atoms with Gasteiger partial charge in [-0.15, -0.1) is 0 Å². The van der Waals surface area contributed by atoms with Crippen molar-refractivity contribution in [2.75, 3.05) is 6.54 Å². The molecule has 2 aromatic carbocycles. The summed E-state index contributed by atoms with van der Waals surface area (Å²) in [6.07, 6.45) is 1.43. The zero-order chi connectivity index (χ0) is 17.8. The minimum atomic E-state index is -0.480. The molecule has 1 unspecified atom stereocenters. The van der Waals surface area contributed by atoms with Crippen LogP contribution < -0.4 is 5.32 Å². The predicted octanol–water partition coefficient (Wildman–Crippen LogP) is 3.91. The fourth-order valence-corrected chi connectivity index (χ4v) is 3.37. The average Bonchev–Trinajstić information content (AvgIpc) is 3.12. The first-order chi connectivity index (χ1) is 12.1. The second-order valence-corrected chi connectivity index (χ2v) is 6.83. The van der Waals surface area contributed by atoms with Crippen LogP contribution in [0.15, 0.2) is 48.5 Å². The first-order valence-electron chi connectivity index (χ1n) is 8.14. The van der Waals surface area contributed by atoms with E-state index in [0.29, 0.717) is 35.1 Å². The lowest BCUT2D eigenvalue weighted by molar-refractivity contribution is -0.125. The highest BCUT2D eigenvalue weighted by Crippen LogP contribution is 2.26. The topological polar surface area (TPSA) is 49.4 Å². The van der Waals surface area contributed by atoms with Crippen molar-refractivity contribution in [2.24, 2.45) is 0 Å². The van der Waals surface area contributed by atoms with Crippen LogP contribution in [0.5, 0.6) is 0 Å². The van der Waals surface area contributed by atoms with Crippen LogP contribution in [0.3, 0.4) is 0 Å². The van der Waals surface area contributed by atoms with E-state index in [1.165, 1.54) is 0 Å². The number of nitrogens with one attached hydrogen (secondary N) is 1. The summed E-state index contributed by atoms with van der Waals surface area (Å²) in [5.41, 5.74) is 1.35. The van der Waals surface area contributed by atoms with E-state index in [-0.39, 0.29) is 11.8 Å². The van der Waals surface area contributed by atoms with Crippen LogP contribution in [-0.2, 0) is 11.3 Å². The maximum absolute atomic E-state index is 12.8. The molecule has 0 spiro atoms. The summed E-state index contributed by atoms with van der Waals surface area (Å²) < 4.78 is 0. The van der Waals surface area contributed by atoms with Crippen LogP contribution in [0, 0.1) is 0 Å². The third-order valence-electron chi connectivity index (χ3n) is 4.28. The standard InChI is InChI=1S/C19H18Cl2N2O2/c20-14-8-9-16(21)15(11-14)19(25)23-10-4-7-17(23)18(24)22-12-13-5-2-1-3-6-13/h1-3,5-6,8-9,11,17H,4,7,10,12H2,(H,22,24). The SMILES string of the molecule is O=C(NCc1ccccc1)C1CCCN1C(=O)c1cc(Cl)ccc1Cl. The lowest BCUT2D eigenvalue weighted by atomic mass is 10.1. The second-order valence-electron chi connectivity index (χ2n) is 5.98. The number of amides is 2. The highest BCUT2D eigenvalue weighted by molar-refractivity contribution is 6.35. The van der Waals surface area contributed by atoms with Crippen LogP contribution in [0.4, 0.5) is 0 Å². The van der Waals surface area contributed by atoms with Gasteiger partial charge in [0.15, 0.2) is 0 Å². The zero-order valence-corrected chi connectivity index (χ0v) is 15.1. The smallest absolute Gasteiger partial charge is 0.256 e. The number of halogens is 2. The number of carbonyl (C=O) groups excluding carboxylic acids is 2. The number of nitrogens with zero attached hydrogens (tertiary/aromatic N) is 1. The highest BCUT2D eigenvalue weighted by atomic mass is 35.5. The Morgan fingerprint density at radius 1 is 1.12 bits per heavy atom. The van der Waals surface area contributed by atoms with E-state index in [0.717, 1.165) is 12.0 Å². The minimum absolute atomic E-state index is 0.146. The largest absolute Gasteiger partial charge is 0.350 e. The minimum Gasteiger partial charge on any atom is -0.350 e. The molecule has 3 rings (SSSR count). The Balaban J connectivity index is 1.70. The van der Waals surface area contributed by atoms with E-state index in [1.807, 2.05) is 30.3 Å². The van der Waals surface area contributed by atoms with E-state index in [1.54, 1.807) is 23.1 Å². The quantitative estimate of drug-likeness (QED) is 0.878. The molecule has 0 aliphatic carbocycles. The molecule has 1 heterocycles. The van der Waals surface area contributed by atoms with Crippen molar-refractivity contribution in [2.45, 2.75) is 25.4 Å². The molecule has 25 heavy (non-hydrogen) atoms. The van der Waals surface area contributed by atoms with Gasteiger partial charge in [0.2, 0.25) is 5.91 Å². The molecule has 1 aliphatic rings. The normalized spacial score (nSPS) is 16.7. The Kier molecular flexibility index (Phi) is 5.61. The summed E-state index contributed by atoms with van der Waals surface area (Å²) in [5, 5.41) is 3.69. The molecule has 2 aromatic rings. The van der Waals surface area contributed by atoms with E-state index in [4.69, 9.17) is 23.2 Å². The molecule has 1 N–H and O–H groups in total. The van der Waals surface area contributed by atoms with Crippen molar-refractivity contribution in [1.29, 1.82) is 0 Å². The van der Waals surface area contributed by atoms with Crippen LogP contribution >= 0.6 is 23.2 Å². The average molecular weight is 377 g/mol. The van der Waals surface area contributed by atoms with Crippen molar-refractivity contribution in [3.05, 3.63) is 69.7 Å². The van der Waals surface area contributed by atoms with E-state index >= 15 is 0 Å². The van der Waals surface area contributed by atoms with Gasteiger partial charge in [-0.2, -0.15) is 0 Å². The highest BCUT2D eigenvalue weighted by Gasteiger charge is 2.35. The van der Waals surface area contributed by atoms with Gasteiger partial charge in [-0.1, -0.05) is 53.5 Å². The molecule has 0 aromatic heterocycles. The number of carbonyl (C=O) groups is 2. The van der Waals surface area contributed by atoms with Gasteiger partial charge in [0, 0.05) is 18.1 Å². The molecule has 0 radical (unpaired) electrons. The van der Waals surface area contributed by atoms with Crippen molar-refractivity contribution in [1.82, 2.24) is 10.2 Å². The van der Waals surface area contributed by atoms with Gasteiger partial charge in [0.05, 0.1) is 10.6 Å². The van der Waals surface area contributed by atoms with Gasteiger partial charge in [-0.3, -0.25) is 9.59 Å². The number of likely N-dealkylation sites (tertiary alicyclic amines) is 1. The van der Waals surface area contributed by atoms with Gasteiger partial charge >= 0.3 is 0 Å². The van der Waals surface area contributed by atoms with Crippen LogP contribution in [0.25, 0.3) is 0 Å². The molecular weight excluding hydrogens is 359 g/mol. The summed E-state index contributed by atoms with van der Waals surface area (Å²) in [4.78, 5) is 26.9. The summed E-state index contributed by atoms with van der Waals surface area (Å²) in [5.74, 6) is -0.405. The number of hydrogen-bond acceptors (Lipinski definition) is 2.